The molecule has 0 aromatic heterocycles. The molecule has 0 N–H and O–H groups in total. The molecule has 0 spiro atoms. The summed E-state index contributed by atoms with van der Waals surface area (Å²) >= 11 is -1.79. The van der Waals surface area contributed by atoms with Gasteiger partial charge in [0.05, 0.1) is 0 Å². The van der Waals surface area contributed by atoms with Crippen molar-refractivity contribution in [3.8, 4) is 0 Å². The van der Waals surface area contributed by atoms with Crippen LogP contribution in [0.3, 0.4) is 0 Å². The molecule has 0 fully saturated rings. The maximum absolute atomic E-state index is 6.21. The monoisotopic (exact) mass is 241 g/mol. The van der Waals surface area contributed by atoms with E-state index in [0.717, 1.165) is 0 Å². The molecule has 63 valence electrons. The maximum atomic E-state index is 6.21. The van der Waals surface area contributed by atoms with Crippen molar-refractivity contribution in [3.63, 3.8) is 0 Å². The molecule has 0 saturated carbocycles. The van der Waals surface area contributed by atoms with Crippen LogP contribution in [0.2, 0.25) is 5.52 Å². The number of halogens is 1. The molecule has 0 saturated heterocycles. The van der Waals surface area contributed by atoms with Crippen molar-refractivity contribution < 1.29 is 15.0 Å². The van der Waals surface area contributed by atoms with Gasteiger partial charge < -0.3 is 0 Å². The van der Waals surface area contributed by atoms with Crippen LogP contribution >= 0.6 is 9.69 Å². The van der Waals surface area contributed by atoms with Crippen molar-refractivity contribution in [2.75, 3.05) is 0 Å². The van der Waals surface area contributed by atoms with Crippen LogP contribution in [0.4, 0.5) is 0 Å². The summed E-state index contributed by atoms with van der Waals surface area (Å²) in [4.78, 5) is 0. The van der Waals surface area contributed by atoms with Crippen LogP contribution in [0.15, 0.2) is 42.5 Å². The first kappa shape index (κ1) is 9.18. The van der Waals surface area contributed by atoms with E-state index in [2.05, 4.69) is 48.0 Å². The number of rotatable bonds is 1. The Morgan fingerprint density at radius 1 is 1.00 bits per heavy atom. The molecule has 0 bridgehead atoms. The zero-order chi connectivity index (χ0) is 9.26. The average Bonchev–Trinajstić information content (AvgIpc) is 2.17. The molecule has 2 aromatic carbocycles. The van der Waals surface area contributed by atoms with E-state index in [-0.39, 0.29) is 0 Å². The van der Waals surface area contributed by atoms with Crippen LogP contribution < -0.4 is 4.16 Å². The van der Waals surface area contributed by atoms with E-state index in [1.54, 1.807) is 0 Å². The van der Waals surface area contributed by atoms with Crippen LogP contribution in [0.25, 0.3) is 10.8 Å². The topological polar surface area (TPSA) is 0 Å². The summed E-state index contributed by atoms with van der Waals surface area (Å²) < 4.78 is 1.39. The van der Waals surface area contributed by atoms with E-state index in [4.69, 9.17) is 9.69 Å². The van der Waals surface area contributed by atoms with Crippen LogP contribution in [-0.4, -0.2) is 0 Å². The van der Waals surface area contributed by atoms with Crippen LogP contribution in [0, 0.1) is 0 Å². The molecule has 0 amide bonds. The molecule has 0 aliphatic rings. The summed E-state index contributed by atoms with van der Waals surface area (Å²) in [6.07, 6.45) is 0. The van der Waals surface area contributed by atoms with Gasteiger partial charge in [0.2, 0.25) is 0 Å². The Bertz CT molecular complexity index is 423. The van der Waals surface area contributed by atoms with E-state index in [1.165, 1.54) is 14.9 Å². The first-order valence-corrected chi connectivity index (χ1v) is 13.0. The number of benzene rings is 2. The number of fused-ring (bicyclic) bond motifs is 1. The van der Waals surface area contributed by atoms with Gasteiger partial charge in [-0.05, 0) is 0 Å². The Hall–Kier alpha value is -0.387. The van der Waals surface area contributed by atoms with Crippen molar-refractivity contribution in [2.24, 2.45) is 0 Å². The Balaban J connectivity index is 2.62. The van der Waals surface area contributed by atoms with Gasteiger partial charge in [-0.15, -0.1) is 0 Å². The zero-order valence-corrected chi connectivity index (χ0v) is 11.3. The fourth-order valence-electron chi connectivity index (χ4n) is 1.54. The summed E-state index contributed by atoms with van der Waals surface area (Å²) in [5, 5.41) is 2.61. The molecular weight excluding hydrogens is 233 g/mol. The molecule has 0 atom stereocenters. The second-order valence-electron chi connectivity index (χ2n) is 3.44. The van der Waals surface area contributed by atoms with Crippen molar-refractivity contribution in [3.05, 3.63) is 42.5 Å². The van der Waals surface area contributed by atoms with Crippen molar-refractivity contribution in [1.82, 2.24) is 0 Å². The van der Waals surface area contributed by atoms with Crippen LogP contribution in [-0.2, 0) is 15.0 Å². The third kappa shape index (κ3) is 1.92. The third-order valence-electron chi connectivity index (χ3n) is 2.38. The normalized spacial score (nSPS) is 10.3. The van der Waals surface area contributed by atoms with Crippen LogP contribution in [0.1, 0.15) is 0 Å². The van der Waals surface area contributed by atoms with Gasteiger partial charge in [-0.3, -0.25) is 0 Å². The minimum atomic E-state index is -1.79. The molecule has 0 heterocycles. The Kier molecular flexibility index (Phi) is 2.67. The second kappa shape index (κ2) is 3.78. The van der Waals surface area contributed by atoms with Gasteiger partial charge in [-0.2, -0.15) is 0 Å². The van der Waals surface area contributed by atoms with E-state index >= 15 is 0 Å². The summed E-state index contributed by atoms with van der Waals surface area (Å²) in [5.41, 5.74) is 2.20. The van der Waals surface area contributed by atoms with E-state index in [9.17, 15) is 0 Å². The van der Waals surface area contributed by atoms with E-state index in [1.807, 2.05) is 0 Å². The average molecular weight is 243 g/mol. The van der Waals surface area contributed by atoms with E-state index in [0.29, 0.717) is 0 Å². The van der Waals surface area contributed by atoms with Gasteiger partial charge >= 0.3 is 87.6 Å². The van der Waals surface area contributed by atoms with Crippen molar-refractivity contribution >= 4 is 24.6 Å². The van der Waals surface area contributed by atoms with Crippen molar-refractivity contribution in [2.45, 2.75) is 5.52 Å². The number of hydrogen-bond donors (Lipinski definition) is 0. The van der Waals surface area contributed by atoms with Gasteiger partial charge in [-0.1, -0.05) is 0 Å². The Morgan fingerprint density at radius 3 is 2.38 bits per heavy atom. The molecule has 0 nitrogen and oxygen atoms in total. The molecule has 2 rings (SSSR count). The molecule has 2 heteroatoms. The summed E-state index contributed by atoms with van der Waals surface area (Å²) in [6, 6.07) is 15.0. The molecular formula is C11H10ClZn. The summed E-state index contributed by atoms with van der Waals surface area (Å²) in [7, 11) is 6.21. The predicted octanol–water partition coefficient (Wildman–Crippen LogP) is 3.29. The van der Waals surface area contributed by atoms with Gasteiger partial charge in [0.1, 0.15) is 0 Å². The Morgan fingerprint density at radius 2 is 1.69 bits per heavy atom. The second-order valence-corrected chi connectivity index (χ2v) is 12.5. The quantitative estimate of drug-likeness (QED) is 0.674. The fourth-order valence-corrected chi connectivity index (χ4v) is 4.39. The van der Waals surface area contributed by atoms with Gasteiger partial charge in [0, 0.05) is 0 Å². The fraction of sp³-hybridized carbons (Fsp3) is 0.0909. The first-order chi connectivity index (χ1) is 6.27. The molecule has 0 unspecified atom stereocenters. The molecule has 0 aliphatic carbocycles. The first-order valence-electron chi connectivity index (χ1n) is 4.64. The number of hydrogen-bond acceptors (Lipinski definition) is 0. The predicted molar refractivity (Wildman–Crippen MR) is 55.3 cm³/mol. The van der Waals surface area contributed by atoms with Gasteiger partial charge in [0.15, 0.2) is 0 Å². The minimum absolute atomic E-state index is 1.30. The molecule has 0 radical (unpaired) electrons. The molecule has 2 aromatic rings. The van der Waals surface area contributed by atoms with Crippen molar-refractivity contribution in [1.29, 1.82) is 0 Å². The van der Waals surface area contributed by atoms with Gasteiger partial charge in [0.25, 0.3) is 0 Å². The molecule has 13 heavy (non-hydrogen) atoms. The van der Waals surface area contributed by atoms with Crippen LogP contribution in [0.5, 0.6) is 0 Å². The SMILES string of the molecule is [CH3][Zn]([Cl])[c]1ccc2ccccc2c1. The standard InChI is InChI=1S/C10H7.CH3.ClH.Zn/c1-2-6-10-8-4-3-7-9(10)5-1;;;/h1-3,5-8H;1H3;1H;/q;;;+1/p-1. The summed E-state index contributed by atoms with van der Waals surface area (Å²) in [5.74, 6) is 0. The molecule has 0 aliphatic heterocycles. The zero-order valence-electron chi connectivity index (χ0n) is 7.63. The summed E-state index contributed by atoms with van der Waals surface area (Å²) in [6.45, 7) is 0. The van der Waals surface area contributed by atoms with Gasteiger partial charge in [-0.25, -0.2) is 0 Å². The third-order valence-corrected chi connectivity index (χ3v) is 7.26. The Labute approximate surface area is 87.5 Å². The van der Waals surface area contributed by atoms with E-state index < -0.39 is 15.0 Å².